The van der Waals surface area contributed by atoms with Crippen LogP contribution in [0.4, 0.5) is 13.2 Å². The average molecular weight is 541 g/mol. The molecule has 13 heteroatoms. The van der Waals surface area contributed by atoms with Crippen LogP contribution in [0.2, 0.25) is 0 Å². The van der Waals surface area contributed by atoms with Crippen LogP contribution in [0.15, 0.2) is 45.2 Å². The number of nitrogens with zero attached hydrogens (tertiary/aromatic N) is 3. The van der Waals surface area contributed by atoms with Gasteiger partial charge in [-0.2, -0.15) is 0 Å². The van der Waals surface area contributed by atoms with Crippen molar-refractivity contribution in [2.24, 2.45) is 11.1 Å². The summed E-state index contributed by atoms with van der Waals surface area (Å²) < 4.78 is 44.2. The first-order valence-electron chi connectivity index (χ1n) is 11.8. The van der Waals surface area contributed by atoms with Crippen molar-refractivity contribution in [1.29, 1.82) is 0 Å². The van der Waals surface area contributed by atoms with Gasteiger partial charge in [-0.05, 0) is 39.8 Å². The van der Waals surface area contributed by atoms with Crippen molar-refractivity contribution < 1.29 is 32.3 Å². The molecule has 10 nitrogen and oxygen atoms in total. The number of alkyl halides is 3. The van der Waals surface area contributed by atoms with Gasteiger partial charge in [-0.1, -0.05) is 31.1 Å². The van der Waals surface area contributed by atoms with Gasteiger partial charge in [0.25, 0.3) is 5.56 Å². The number of carbonyl (C=O) groups is 2. The van der Waals surface area contributed by atoms with Crippen LogP contribution in [0, 0.1) is 5.92 Å². The molecule has 1 atom stereocenters. The van der Waals surface area contributed by atoms with Crippen molar-refractivity contribution in [3.8, 4) is 5.75 Å². The van der Waals surface area contributed by atoms with E-state index in [0.29, 0.717) is 0 Å². The van der Waals surface area contributed by atoms with E-state index in [0.717, 1.165) is 27.5 Å². The van der Waals surface area contributed by atoms with Gasteiger partial charge in [0.05, 0.1) is 29.9 Å². The number of benzene rings is 1. The molecule has 0 aliphatic carbocycles. The highest BCUT2D eigenvalue weighted by Gasteiger charge is 2.33. The minimum atomic E-state index is -5.03. The van der Waals surface area contributed by atoms with Crippen molar-refractivity contribution in [2.75, 3.05) is 0 Å². The van der Waals surface area contributed by atoms with Gasteiger partial charge in [-0.25, -0.2) is 4.79 Å². The van der Waals surface area contributed by atoms with E-state index in [1.807, 2.05) is 0 Å². The number of carbonyl (C=O) groups excluding carboxylic acids is 2. The fraction of sp³-hybridized carbons (Fsp3) is 0.480. The first-order chi connectivity index (χ1) is 17.6. The van der Waals surface area contributed by atoms with Crippen molar-refractivity contribution in [3.63, 3.8) is 0 Å². The van der Waals surface area contributed by atoms with Crippen LogP contribution in [0.1, 0.15) is 57.5 Å². The van der Waals surface area contributed by atoms with E-state index in [2.05, 4.69) is 15.2 Å². The lowest BCUT2D eigenvalue weighted by atomic mass is 10.1. The monoisotopic (exact) mass is 540 g/mol. The molecule has 1 amide bonds. The number of ketones is 1. The molecule has 2 rings (SSSR count). The third kappa shape index (κ3) is 8.32. The summed E-state index contributed by atoms with van der Waals surface area (Å²) in [7, 11) is 0. The smallest absolute Gasteiger partial charge is 0.405 e. The van der Waals surface area contributed by atoms with Crippen molar-refractivity contribution in [1.82, 2.24) is 14.5 Å². The van der Waals surface area contributed by atoms with Crippen LogP contribution < -0.4 is 21.3 Å². The lowest BCUT2D eigenvalue weighted by Crippen LogP contribution is -2.48. The maximum atomic E-state index is 13.2. The summed E-state index contributed by atoms with van der Waals surface area (Å²) in [6.45, 7) is 8.94. The van der Waals surface area contributed by atoms with Crippen LogP contribution in [0.5, 0.6) is 5.75 Å². The molecule has 0 radical (unpaired) electrons. The van der Waals surface area contributed by atoms with E-state index < -0.39 is 47.3 Å². The summed E-state index contributed by atoms with van der Waals surface area (Å²) in [5.74, 6) is -2.21. The third-order valence-corrected chi connectivity index (χ3v) is 5.12. The predicted molar refractivity (Wildman–Crippen MR) is 133 cm³/mol. The quantitative estimate of drug-likeness (QED) is 0.266. The predicted octanol–water partition coefficient (Wildman–Crippen LogP) is 3.10. The van der Waals surface area contributed by atoms with Gasteiger partial charge < -0.3 is 14.9 Å². The second kappa shape index (κ2) is 12.6. The molecule has 0 saturated heterocycles. The molecule has 0 aliphatic rings. The van der Waals surface area contributed by atoms with Gasteiger partial charge in [0.1, 0.15) is 11.9 Å². The van der Waals surface area contributed by atoms with E-state index in [9.17, 15) is 32.3 Å². The number of amides is 1. The highest BCUT2D eigenvalue weighted by Crippen LogP contribution is 2.26. The number of Topliss-reactive ketones (excluding diaryl/α,β-unsaturated/α-hetero) is 1. The topological polar surface area (TPSA) is 121 Å². The summed E-state index contributed by atoms with van der Waals surface area (Å²) in [6.07, 6.45) is -4.24. The van der Waals surface area contributed by atoms with E-state index in [4.69, 9.17) is 4.84 Å². The number of rotatable bonds is 11. The lowest BCUT2D eigenvalue weighted by molar-refractivity contribution is -0.274. The van der Waals surface area contributed by atoms with Gasteiger partial charge in [0.15, 0.2) is 5.78 Å². The summed E-state index contributed by atoms with van der Waals surface area (Å²) in [5, 5.41) is 6.59. The molecular weight excluding hydrogens is 509 g/mol. The zero-order chi connectivity index (χ0) is 28.8. The maximum Gasteiger partial charge on any atom is 0.573 e. The number of nitrogens with one attached hydrogen (secondary N) is 1. The molecule has 1 aromatic carbocycles. The molecule has 1 N–H and O–H groups in total. The van der Waals surface area contributed by atoms with Crippen molar-refractivity contribution in [3.05, 3.63) is 62.4 Å². The molecule has 0 spiro atoms. The van der Waals surface area contributed by atoms with E-state index in [-0.39, 0.29) is 35.7 Å². The zero-order valence-electron chi connectivity index (χ0n) is 22.0. The minimum absolute atomic E-state index is 0.0692. The first-order valence-corrected chi connectivity index (χ1v) is 11.8. The molecule has 1 aromatic heterocycles. The number of ether oxygens (including phenoxy) is 1. The Balaban J connectivity index is 2.57. The Hall–Kier alpha value is -3.90. The van der Waals surface area contributed by atoms with E-state index in [1.165, 1.54) is 19.1 Å². The summed E-state index contributed by atoms with van der Waals surface area (Å²) in [5.41, 5.74) is -2.00. The first kappa shape index (κ1) is 30.3. The van der Waals surface area contributed by atoms with Crippen LogP contribution in [-0.4, -0.2) is 45.0 Å². The van der Waals surface area contributed by atoms with E-state index in [1.54, 1.807) is 34.6 Å². The molecule has 0 fully saturated rings. The Labute approximate surface area is 217 Å². The molecule has 0 unspecified atom stereocenters. The Morgan fingerprint density at radius 2 is 1.68 bits per heavy atom. The van der Waals surface area contributed by atoms with Crippen molar-refractivity contribution >= 4 is 17.4 Å². The maximum absolute atomic E-state index is 13.2. The van der Waals surface area contributed by atoms with E-state index >= 15 is 0 Å². The average Bonchev–Trinajstić information content (AvgIpc) is 2.81. The minimum Gasteiger partial charge on any atom is -0.405 e. The van der Waals surface area contributed by atoms with Crippen molar-refractivity contribution in [2.45, 2.75) is 73.1 Å². The molecule has 0 bridgehead atoms. The molecule has 1 heterocycles. The largest absolute Gasteiger partial charge is 0.573 e. The zero-order valence-corrected chi connectivity index (χ0v) is 22.0. The second-order valence-corrected chi connectivity index (χ2v) is 9.23. The van der Waals surface area contributed by atoms with Gasteiger partial charge in [0, 0.05) is 18.2 Å². The molecule has 0 aliphatic heterocycles. The summed E-state index contributed by atoms with van der Waals surface area (Å²) >= 11 is 0. The Morgan fingerprint density at radius 3 is 2.26 bits per heavy atom. The molecule has 38 heavy (non-hydrogen) atoms. The normalized spacial score (nSPS) is 13.0. The molecule has 0 saturated carbocycles. The fourth-order valence-electron chi connectivity index (χ4n) is 3.29. The summed E-state index contributed by atoms with van der Waals surface area (Å²) in [4.78, 5) is 56.8. The number of hydrogen-bond donors (Lipinski definition) is 1. The number of para-hydroxylation sites is 1. The Kier molecular flexibility index (Phi) is 10.0. The third-order valence-electron chi connectivity index (χ3n) is 5.12. The lowest BCUT2D eigenvalue weighted by Gasteiger charge is -2.19. The van der Waals surface area contributed by atoms with Crippen LogP contribution >= 0.6 is 0 Å². The molecule has 2 aromatic rings. The van der Waals surface area contributed by atoms with Gasteiger partial charge >= 0.3 is 12.1 Å². The number of halogens is 3. The standard InChI is InChI=1S/C25H31F3N4O6/c1-14(2)22(34)29-16(5)11-32-23(35)19(17(6)30-38-15(3)4)12-31(24(32)36)13-20(33)18-9-7-8-10-21(18)37-25(26,27)28/h7-10,12,14-16H,11,13H2,1-6H3,(H,29,34)/b30-17+/t16-/m0/s1. The SMILES string of the molecule is C/C(=N\OC(C)C)c1cn(CC(=O)c2ccccc2OC(F)(F)F)c(=O)n(C[C@H](C)NC(=O)C(C)C)c1=O. The highest BCUT2D eigenvalue weighted by molar-refractivity contribution is 5.99. The molecule has 208 valence electrons. The molecular formula is C25H31F3N4O6. The van der Waals surface area contributed by atoms with Gasteiger partial charge in [0.2, 0.25) is 5.91 Å². The van der Waals surface area contributed by atoms with Gasteiger partial charge in [-0.15, -0.1) is 13.2 Å². The van der Waals surface area contributed by atoms with Crippen LogP contribution in [-0.2, 0) is 22.7 Å². The van der Waals surface area contributed by atoms with Gasteiger partial charge in [-0.3, -0.25) is 23.5 Å². The number of hydrogen-bond acceptors (Lipinski definition) is 7. The second-order valence-electron chi connectivity index (χ2n) is 9.23. The Bertz CT molecular complexity index is 1310. The van der Waals surface area contributed by atoms with Crippen LogP contribution in [0.3, 0.4) is 0 Å². The Morgan fingerprint density at radius 1 is 1.05 bits per heavy atom. The summed E-state index contributed by atoms with van der Waals surface area (Å²) in [6, 6.07) is 4.10. The fourth-order valence-corrected chi connectivity index (χ4v) is 3.29. The number of oxime groups is 1. The number of aromatic nitrogens is 2. The highest BCUT2D eigenvalue weighted by atomic mass is 19.4. The van der Waals surface area contributed by atoms with Crippen LogP contribution in [0.25, 0.3) is 0 Å².